The Labute approximate surface area is 145 Å². The average molecular weight is 360 g/mol. The minimum absolute atomic E-state index is 0.549. The first-order chi connectivity index (χ1) is 11.3. The van der Waals surface area contributed by atoms with Gasteiger partial charge in [-0.05, 0) is 24.3 Å². The van der Waals surface area contributed by atoms with Crippen LogP contribution in [0.25, 0.3) is 21.6 Å². The number of thioether (sulfide) groups is 1. The molecule has 2 aromatic carbocycles. The summed E-state index contributed by atoms with van der Waals surface area (Å²) in [5, 5.41) is 4.66. The second-order valence-electron chi connectivity index (χ2n) is 4.76. The number of fused-ring (bicyclic) bond motifs is 1. The summed E-state index contributed by atoms with van der Waals surface area (Å²) in [4.78, 5) is 8.99. The molecule has 23 heavy (non-hydrogen) atoms. The van der Waals surface area contributed by atoms with Gasteiger partial charge in [0.15, 0.2) is 4.34 Å². The number of aromatic nitrogens is 3. The van der Waals surface area contributed by atoms with Gasteiger partial charge in [0.2, 0.25) is 11.7 Å². The van der Waals surface area contributed by atoms with Crippen LogP contribution >= 0.6 is 34.7 Å². The molecule has 0 N–H and O–H groups in total. The van der Waals surface area contributed by atoms with Crippen molar-refractivity contribution in [3.63, 3.8) is 0 Å². The normalized spacial score (nSPS) is 11.2. The Hall–Kier alpha value is -1.89. The topological polar surface area (TPSA) is 51.8 Å². The highest BCUT2D eigenvalue weighted by atomic mass is 35.5. The second-order valence-corrected chi connectivity index (χ2v) is 7.45. The predicted molar refractivity (Wildman–Crippen MR) is 93.9 cm³/mol. The molecule has 0 aliphatic heterocycles. The number of hydrogen-bond donors (Lipinski definition) is 0. The van der Waals surface area contributed by atoms with Crippen LogP contribution in [-0.4, -0.2) is 15.1 Å². The number of rotatable bonds is 4. The molecule has 0 spiro atoms. The predicted octanol–water partition coefficient (Wildman–Crippen LogP) is 5.29. The van der Waals surface area contributed by atoms with Crippen LogP contribution in [0.5, 0.6) is 0 Å². The summed E-state index contributed by atoms with van der Waals surface area (Å²) in [6.07, 6.45) is 0. The van der Waals surface area contributed by atoms with Crippen LogP contribution in [0.3, 0.4) is 0 Å². The Morgan fingerprint density at radius 2 is 2.00 bits per heavy atom. The zero-order valence-electron chi connectivity index (χ0n) is 11.8. The quantitative estimate of drug-likeness (QED) is 0.463. The van der Waals surface area contributed by atoms with E-state index in [1.807, 2.05) is 42.5 Å². The fourth-order valence-electron chi connectivity index (χ4n) is 2.09. The Bertz CT molecular complexity index is 934. The third kappa shape index (κ3) is 3.24. The smallest absolute Gasteiger partial charge is 0.237 e. The summed E-state index contributed by atoms with van der Waals surface area (Å²) in [5.41, 5.74) is 1.86. The lowest BCUT2D eigenvalue weighted by molar-refractivity contribution is 0.391. The van der Waals surface area contributed by atoms with Gasteiger partial charge in [-0.3, -0.25) is 0 Å². The maximum atomic E-state index is 5.98. The Balaban J connectivity index is 1.49. The molecule has 4 nitrogen and oxygen atoms in total. The summed E-state index contributed by atoms with van der Waals surface area (Å²) in [6, 6.07) is 15.5. The van der Waals surface area contributed by atoms with Crippen LogP contribution in [0.1, 0.15) is 5.89 Å². The molecule has 0 saturated heterocycles. The van der Waals surface area contributed by atoms with Crippen LogP contribution < -0.4 is 0 Å². The first-order valence-electron chi connectivity index (χ1n) is 6.85. The van der Waals surface area contributed by atoms with Crippen LogP contribution in [0.2, 0.25) is 5.02 Å². The van der Waals surface area contributed by atoms with E-state index in [1.165, 1.54) is 4.70 Å². The van der Waals surface area contributed by atoms with Gasteiger partial charge in [0.1, 0.15) is 0 Å². The van der Waals surface area contributed by atoms with Gasteiger partial charge in [-0.15, -0.1) is 11.3 Å². The summed E-state index contributed by atoms with van der Waals surface area (Å²) in [7, 11) is 0. The zero-order chi connectivity index (χ0) is 15.6. The standard InChI is InChI=1S/C16H10ClN3OS2/c17-11-5-3-4-10(8-11)15-19-14(21-20-15)9-22-16-18-12-6-1-2-7-13(12)23-16/h1-8H,9H2. The van der Waals surface area contributed by atoms with Crippen molar-refractivity contribution < 1.29 is 4.52 Å². The van der Waals surface area contributed by atoms with Gasteiger partial charge in [-0.2, -0.15) is 4.98 Å². The van der Waals surface area contributed by atoms with Crippen molar-refractivity contribution in [1.82, 2.24) is 15.1 Å². The lowest BCUT2D eigenvalue weighted by atomic mass is 10.2. The zero-order valence-corrected chi connectivity index (χ0v) is 14.2. The van der Waals surface area contributed by atoms with E-state index in [2.05, 4.69) is 21.2 Å². The first-order valence-corrected chi connectivity index (χ1v) is 9.03. The molecular formula is C16H10ClN3OS2. The first kappa shape index (κ1) is 14.7. The van der Waals surface area contributed by atoms with E-state index in [0.717, 1.165) is 15.4 Å². The van der Waals surface area contributed by atoms with Crippen molar-refractivity contribution in [2.75, 3.05) is 0 Å². The summed E-state index contributed by atoms with van der Waals surface area (Å²) in [6.45, 7) is 0. The van der Waals surface area contributed by atoms with Gasteiger partial charge in [-0.1, -0.05) is 52.8 Å². The fraction of sp³-hybridized carbons (Fsp3) is 0.0625. The third-order valence-electron chi connectivity index (χ3n) is 3.14. The molecule has 114 valence electrons. The molecule has 0 amide bonds. The number of nitrogens with zero attached hydrogens (tertiary/aromatic N) is 3. The Kier molecular flexibility index (Phi) is 4.03. The average Bonchev–Trinajstić information content (AvgIpc) is 3.19. The molecule has 2 aromatic heterocycles. The lowest BCUT2D eigenvalue weighted by Crippen LogP contribution is -1.82. The maximum Gasteiger partial charge on any atom is 0.237 e. The van der Waals surface area contributed by atoms with E-state index in [1.54, 1.807) is 23.1 Å². The van der Waals surface area contributed by atoms with E-state index >= 15 is 0 Å². The Morgan fingerprint density at radius 3 is 2.87 bits per heavy atom. The van der Waals surface area contributed by atoms with Crippen molar-refractivity contribution in [3.8, 4) is 11.4 Å². The second kappa shape index (κ2) is 6.31. The van der Waals surface area contributed by atoms with Gasteiger partial charge in [0, 0.05) is 10.6 Å². The number of para-hydroxylation sites is 1. The van der Waals surface area contributed by atoms with Crippen LogP contribution in [0.4, 0.5) is 0 Å². The van der Waals surface area contributed by atoms with E-state index in [0.29, 0.717) is 22.5 Å². The van der Waals surface area contributed by atoms with E-state index < -0.39 is 0 Å². The van der Waals surface area contributed by atoms with Crippen LogP contribution in [-0.2, 0) is 5.75 Å². The lowest BCUT2D eigenvalue weighted by Gasteiger charge is -1.93. The molecule has 0 bridgehead atoms. The van der Waals surface area contributed by atoms with Gasteiger partial charge in [-0.25, -0.2) is 4.98 Å². The monoisotopic (exact) mass is 359 g/mol. The van der Waals surface area contributed by atoms with E-state index in [-0.39, 0.29) is 0 Å². The fourth-order valence-corrected chi connectivity index (χ4v) is 4.19. The molecular weight excluding hydrogens is 350 g/mol. The number of benzene rings is 2. The molecule has 0 atom stereocenters. The van der Waals surface area contributed by atoms with Crippen molar-refractivity contribution in [3.05, 3.63) is 59.4 Å². The molecule has 4 aromatic rings. The summed E-state index contributed by atoms with van der Waals surface area (Å²) in [5.74, 6) is 1.71. The van der Waals surface area contributed by atoms with Gasteiger partial charge in [0.25, 0.3) is 0 Å². The molecule has 2 heterocycles. The van der Waals surface area contributed by atoms with Crippen LogP contribution in [0, 0.1) is 0 Å². The molecule has 0 aliphatic rings. The van der Waals surface area contributed by atoms with Crippen molar-refractivity contribution >= 4 is 44.9 Å². The highest BCUT2D eigenvalue weighted by molar-refractivity contribution is 8.00. The van der Waals surface area contributed by atoms with Gasteiger partial charge < -0.3 is 4.52 Å². The molecule has 0 saturated carbocycles. The molecule has 0 aliphatic carbocycles. The van der Waals surface area contributed by atoms with E-state index in [9.17, 15) is 0 Å². The molecule has 0 unspecified atom stereocenters. The number of hydrogen-bond acceptors (Lipinski definition) is 6. The summed E-state index contributed by atoms with van der Waals surface area (Å²) >= 11 is 9.25. The molecule has 0 fully saturated rings. The van der Waals surface area contributed by atoms with Crippen molar-refractivity contribution in [1.29, 1.82) is 0 Å². The SMILES string of the molecule is Clc1cccc(-c2noc(CSc3nc4ccccc4s3)n2)c1. The van der Waals surface area contributed by atoms with Crippen molar-refractivity contribution in [2.45, 2.75) is 10.1 Å². The highest BCUT2D eigenvalue weighted by Gasteiger charge is 2.11. The Morgan fingerprint density at radius 1 is 1.09 bits per heavy atom. The minimum Gasteiger partial charge on any atom is -0.338 e. The highest BCUT2D eigenvalue weighted by Crippen LogP contribution is 2.31. The van der Waals surface area contributed by atoms with Gasteiger partial charge >= 0.3 is 0 Å². The largest absolute Gasteiger partial charge is 0.338 e. The summed E-state index contributed by atoms with van der Waals surface area (Å²) < 4.78 is 7.48. The molecule has 4 rings (SSSR count). The maximum absolute atomic E-state index is 5.98. The molecule has 0 radical (unpaired) electrons. The minimum atomic E-state index is 0.549. The van der Waals surface area contributed by atoms with E-state index in [4.69, 9.17) is 16.1 Å². The number of thiazole rings is 1. The number of halogens is 1. The third-order valence-corrected chi connectivity index (χ3v) is 5.54. The molecule has 7 heteroatoms. The van der Waals surface area contributed by atoms with Gasteiger partial charge in [0.05, 0.1) is 16.0 Å². The van der Waals surface area contributed by atoms with Crippen LogP contribution in [0.15, 0.2) is 57.4 Å². The van der Waals surface area contributed by atoms with Crippen molar-refractivity contribution in [2.24, 2.45) is 0 Å².